The lowest BCUT2D eigenvalue weighted by Gasteiger charge is -2.09. The van der Waals surface area contributed by atoms with Gasteiger partial charge >= 0.3 is 0 Å². The minimum atomic E-state index is -4.24. The Morgan fingerprint density at radius 2 is 1.65 bits per heavy atom. The number of sulfonamides is 1. The highest BCUT2D eigenvalue weighted by atomic mass is 35.5. The lowest BCUT2D eigenvalue weighted by Crippen LogP contribution is -2.15. The van der Waals surface area contributed by atoms with Crippen LogP contribution in [0.5, 0.6) is 0 Å². The van der Waals surface area contributed by atoms with Gasteiger partial charge in [-0.1, -0.05) is 0 Å². The van der Waals surface area contributed by atoms with Crippen LogP contribution in [0.25, 0.3) is 0 Å². The maximum absolute atomic E-state index is 13.4. The summed E-state index contributed by atoms with van der Waals surface area (Å²) in [5, 5.41) is -0.178. The van der Waals surface area contributed by atoms with E-state index >= 15 is 0 Å². The van der Waals surface area contributed by atoms with Gasteiger partial charge in [0.2, 0.25) is 5.28 Å². The highest BCUT2D eigenvalue weighted by Crippen LogP contribution is 2.22. The van der Waals surface area contributed by atoms with Crippen LogP contribution < -0.4 is 4.72 Å². The van der Waals surface area contributed by atoms with Gasteiger partial charge in [0, 0.05) is 0 Å². The molecule has 1 heterocycles. The molecule has 106 valence electrons. The zero-order chi connectivity index (χ0) is 14.9. The SMILES string of the molecule is O=S(=O)(Nc1ccc(F)c(F)c1F)c1cnc(Cl)nc1. The predicted octanol–water partition coefficient (Wildman–Crippen LogP) is 2.35. The number of rotatable bonds is 3. The summed E-state index contributed by atoms with van der Waals surface area (Å²) >= 11 is 5.40. The molecule has 1 N–H and O–H groups in total. The molecule has 0 bridgehead atoms. The molecule has 0 fully saturated rings. The Kier molecular flexibility index (Phi) is 3.82. The van der Waals surface area contributed by atoms with Crippen molar-refractivity contribution in [2.75, 3.05) is 4.72 Å². The van der Waals surface area contributed by atoms with Gasteiger partial charge in [-0.2, -0.15) is 0 Å². The summed E-state index contributed by atoms with van der Waals surface area (Å²) in [4.78, 5) is 6.49. The van der Waals surface area contributed by atoms with Crippen LogP contribution in [0.3, 0.4) is 0 Å². The van der Waals surface area contributed by atoms with E-state index in [2.05, 4.69) is 9.97 Å². The van der Waals surface area contributed by atoms with E-state index in [4.69, 9.17) is 11.6 Å². The van der Waals surface area contributed by atoms with Crippen molar-refractivity contribution in [3.05, 3.63) is 47.3 Å². The largest absolute Gasteiger partial charge is 0.276 e. The number of halogens is 4. The molecule has 0 aliphatic carbocycles. The van der Waals surface area contributed by atoms with Crippen LogP contribution in [0.15, 0.2) is 29.4 Å². The van der Waals surface area contributed by atoms with Crippen LogP contribution in [-0.4, -0.2) is 18.4 Å². The number of benzene rings is 1. The normalized spacial score (nSPS) is 11.4. The highest BCUT2D eigenvalue weighted by Gasteiger charge is 2.20. The molecule has 5 nitrogen and oxygen atoms in total. The van der Waals surface area contributed by atoms with Crippen LogP contribution in [0.1, 0.15) is 0 Å². The van der Waals surface area contributed by atoms with Crippen molar-refractivity contribution in [3.8, 4) is 0 Å². The lowest BCUT2D eigenvalue weighted by atomic mass is 10.3. The van der Waals surface area contributed by atoms with Crippen LogP contribution in [0.4, 0.5) is 18.9 Å². The second-order valence-electron chi connectivity index (χ2n) is 3.52. The molecule has 0 unspecified atom stereocenters. The third kappa shape index (κ3) is 2.83. The summed E-state index contributed by atoms with van der Waals surface area (Å²) in [7, 11) is -4.24. The van der Waals surface area contributed by atoms with Crippen molar-refractivity contribution in [1.82, 2.24) is 9.97 Å². The number of hydrogen-bond acceptors (Lipinski definition) is 4. The first-order valence-corrected chi connectivity index (χ1v) is 6.81. The van der Waals surface area contributed by atoms with Crippen molar-refractivity contribution in [3.63, 3.8) is 0 Å². The molecule has 1 aromatic heterocycles. The van der Waals surface area contributed by atoms with E-state index < -0.39 is 38.1 Å². The Morgan fingerprint density at radius 1 is 1.05 bits per heavy atom. The summed E-state index contributed by atoms with van der Waals surface area (Å²) in [5.74, 6) is -4.86. The Balaban J connectivity index is 2.38. The van der Waals surface area contributed by atoms with Gasteiger partial charge in [0.25, 0.3) is 10.0 Å². The van der Waals surface area contributed by atoms with E-state index in [0.717, 1.165) is 18.5 Å². The first-order chi connectivity index (χ1) is 9.31. The molecule has 20 heavy (non-hydrogen) atoms. The smallest absolute Gasteiger partial charge is 0.265 e. The molecule has 0 amide bonds. The number of aromatic nitrogens is 2. The summed E-state index contributed by atoms with van der Waals surface area (Å²) in [6, 6.07) is 1.34. The molecule has 10 heteroatoms. The van der Waals surface area contributed by atoms with Gasteiger partial charge < -0.3 is 0 Å². The summed E-state index contributed by atoms with van der Waals surface area (Å²) in [5.41, 5.74) is -0.737. The topological polar surface area (TPSA) is 72.0 Å². The van der Waals surface area contributed by atoms with Gasteiger partial charge in [-0.3, -0.25) is 4.72 Å². The molecular weight excluding hydrogens is 319 g/mol. The first kappa shape index (κ1) is 14.5. The number of hydrogen-bond donors (Lipinski definition) is 1. The molecule has 0 aliphatic heterocycles. The second kappa shape index (κ2) is 5.25. The Bertz CT molecular complexity index is 753. The number of nitrogens with zero attached hydrogens (tertiary/aromatic N) is 2. The molecule has 0 aliphatic rings. The summed E-state index contributed by atoms with van der Waals surface area (Å²) in [6.45, 7) is 0. The molecule has 2 rings (SSSR count). The van der Waals surface area contributed by atoms with Gasteiger partial charge in [-0.15, -0.1) is 0 Å². The molecule has 2 aromatic rings. The maximum atomic E-state index is 13.4. The van der Waals surface area contributed by atoms with Crippen molar-refractivity contribution < 1.29 is 21.6 Å². The Morgan fingerprint density at radius 3 is 2.25 bits per heavy atom. The van der Waals surface area contributed by atoms with E-state index in [-0.39, 0.29) is 5.28 Å². The van der Waals surface area contributed by atoms with Crippen molar-refractivity contribution in [1.29, 1.82) is 0 Å². The Hall–Kier alpha value is -1.87. The number of anilines is 1. The first-order valence-electron chi connectivity index (χ1n) is 4.95. The number of nitrogens with one attached hydrogen (secondary N) is 1. The molecular formula is C10H5ClF3N3O2S. The van der Waals surface area contributed by atoms with E-state index in [0.29, 0.717) is 6.07 Å². The molecule has 0 spiro atoms. The fourth-order valence-corrected chi connectivity index (χ4v) is 2.29. The lowest BCUT2D eigenvalue weighted by molar-refractivity contribution is 0.449. The van der Waals surface area contributed by atoms with Crippen LogP contribution in [0.2, 0.25) is 5.28 Å². The van der Waals surface area contributed by atoms with E-state index in [1.165, 1.54) is 0 Å². The zero-order valence-corrected chi connectivity index (χ0v) is 11.0. The van der Waals surface area contributed by atoms with Gasteiger partial charge in [-0.05, 0) is 23.7 Å². The van der Waals surface area contributed by atoms with Gasteiger partial charge in [0.15, 0.2) is 17.5 Å². The quantitative estimate of drug-likeness (QED) is 0.695. The van der Waals surface area contributed by atoms with Crippen molar-refractivity contribution in [2.45, 2.75) is 4.90 Å². The summed E-state index contributed by atoms with van der Waals surface area (Å²) in [6.07, 6.45) is 1.77. The molecule has 0 atom stereocenters. The predicted molar refractivity (Wildman–Crippen MR) is 64.2 cm³/mol. The monoisotopic (exact) mass is 323 g/mol. The average Bonchev–Trinajstić information content (AvgIpc) is 2.40. The Labute approximate surface area is 116 Å². The zero-order valence-electron chi connectivity index (χ0n) is 9.44. The second-order valence-corrected chi connectivity index (χ2v) is 5.54. The highest BCUT2D eigenvalue weighted by molar-refractivity contribution is 7.92. The van der Waals surface area contributed by atoms with E-state index in [1.54, 1.807) is 4.72 Å². The van der Waals surface area contributed by atoms with Crippen molar-refractivity contribution >= 4 is 27.3 Å². The fourth-order valence-electron chi connectivity index (χ4n) is 1.25. The van der Waals surface area contributed by atoms with E-state index in [9.17, 15) is 21.6 Å². The minimum absolute atomic E-state index is 0.178. The van der Waals surface area contributed by atoms with Gasteiger partial charge in [-0.25, -0.2) is 31.6 Å². The molecule has 1 aromatic carbocycles. The van der Waals surface area contributed by atoms with E-state index in [1.807, 2.05) is 0 Å². The molecule has 0 radical (unpaired) electrons. The standard InChI is InChI=1S/C10H5ClF3N3O2S/c11-10-15-3-5(4-16-10)20(18,19)17-7-2-1-6(12)8(13)9(7)14/h1-4,17H. The average molecular weight is 324 g/mol. The fraction of sp³-hybridized carbons (Fsp3) is 0. The third-order valence-corrected chi connectivity index (χ3v) is 3.70. The van der Waals surface area contributed by atoms with Gasteiger partial charge in [0.1, 0.15) is 4.90 Å². The van der Waals surface area contributed by atoms with Crippen LogP contribution >= 0.6 is 11.6 Å². The maximum Gasteiger partial charge on any atom is 0.265 e. The third-order valence-electron chi connectivity index (χ3n) is 2.19. The summed E-state index contributed by atoms with van der Waals surface area (Å²) < 4.78 is 64.6. The van der Waals surface area contributed by atoms with Crippen LogP contribution in [-0.2, 0) is 10.0 Å². The molecule has 0 saturated heterocycles. The minimum Gasteiger partial charge on any atom is -0.276 e. The molecule has 0 saturated carbocycles. The van der Waals surface area contributed by atoms with Gasteiger partial charge in [0.05, 0.1) is 18.1 Å². The van der Waals surface area contributed by atoms with Crippen LogP contribution in [0, 0.1) is 17.5 Å². The van der Waals surface area contributed by atoms with Crippen molar-refractivity contribution in [2.24, 2.45) is 0 Å².